The number of ketones is 1. The van der Waals surface area contributed by atoms with Crippen LogP contribution in [0, 0.1) is 0 Å². The maximum atomic E-state index is 12.5. The van der Waals surface area contributed by atoms with Crippen LogP contribution in [0.2, 0.25) is 0 Å². The highest BCUT2D eigenvalue weighted by Gasteiger charge is 2.33. The zero-order chi connectivity index (χ0) is 22.0. The van der Waals surface area contributed by atoms with Gasteiger partial charge in [-0.2, -0.15) is 4.68 Å². The summed E-state index contributed by atoms with van der Waals surface area (Å²) in [5.41, 5.74) is 3.17. The summed E-state index contributed by atoms with van der Waals surface area (Å²) in [6, 6.07) is 13.2. The number of Topliss-reactive ketones (excluding diaryl/α,β-unsaturated/α-hetero) is 1. The molecule has 31 heavy (non-hydrogen) atoms. The fourth-order valence-electron chi connectivity index (χ4n) is 3.66. The van der Waals surface area contributed by atoms with E-state index in [2.05, 4.69) is 36.8 Å². The Bertz CT molecular complexity index is 1140. The Morgan fingerprint density at radius 1 is 1.23 bits per heavy atom. The third-order valence-electron chi connectivity index (χ3n) is 4.97. The van der Waals surface area contributed by atoms with Crippen LogP contribution in [0.1, 0.15) is 37.9 Å². The summed E-state index contributed by atoms with van der Waals surface area (Å²) >= 11 is 3.63. The van der Waals surface area contributed by atoms with Gasteiger partial charge in [-0.15, -0.1) is 0 Å². The maximum Gasteiger partial charge on any atom is 0.248 e. The largest absolute Gasteiger partial charge is 0.490 e. The highest BCUT2D eigenvalue weighted by molar-refractivity contribution is 9.10. The zero-order valence-electron chi connectivity index (χ0n) is 17.4. The molecule has 0 aliphatic carbocycles. The number of aromatic nitrogens is 4. The van der Waals surface area contributed by atoms with Crippen molar-refractivity contribution in [2.45, 2.75) is 33.4 Å². The molecule has 8 nitrogen and oxygen atoms in total. The fraction of sp³-hybridized carbons (Fsp3) is 0.273. The Hall–Kier alpha value is -3.20. The van der Waals surface area contributed by atoms with E-state index in [4.69, 9.17) is 9.47 Å². The van der Waals surface area contributed by atoms with Crippen LogP contribution in [-0.2, 0) is 11.4 Å². The van der Waals surface area contributed by atoms with Gasteiger partial charge < -0.3 is 14.8 Å². The number of nitrogens with one attached hydrogen (secondary N) is 1. The van der Waals surface area contributed by atoms with E-state index in [9.17, 15) is 4.79 Å². The van der Waals surface area contributed by atoms with Gasteiger partial charge in [0.05, 0.1) is 11.1 Å². The molecule has 0 saturated carbocycles. The predicted octanol–water partition coefficient (Wildman–Crippen LogP) is 4.29. The van der Waals surface area contributed by atoms with Gasteiger partial charge in [-0.3, -0.25) is 4.79 Å². The maximum absolute atomic E-state index is 12.5. The second kappa shape index (κ2) is 8.89. The number of carbonyl (C=O) groups is 1. The number of fused-ring (bicyclic) bond motifs is 1. The minimum absolute atomic E-state index is 0.0605. The van der Waals surface area contributed by atoms with Gasteiger partial charge in [0.2, 0.25) is 5.95 Å². The van der Waals surface area contributed by atoms with Crippen LogP contribution in [0.3, 0.4) is 0 Å². The van der Waals surface area contributed by atoms with Gasteiger partial charge in [-0.1, -0.05) is 35.4 Å². The highest BCUT2D eigenvalue weighted by Crippen LogP contribution is 2.42. The van der Waals surface area contributed by atoms with Gasteiger partial charge in [0.25, 0.3) is 0 Å². The third-order valence-corrected chi connectivity index (χ3v) is 5.56. The number of halogens is 1. The molecule has 1 aliphatic rings. The first kappa shape index (κ1) is 21.0. The zero-order valence-corrected chi connectivity index (χ0v) is 19.0. The Kier molecular flexibility index (Phi) is 6.03. The molecule has 1 aromatic heterocycles. The molecular formula is C22H22BrN5O3. The van der Waals surface area contributed by atoms with Gasteiger partial charge in [0, 0.05) is 11.3 Å². The quantitative estimate of drug-likeness (QED) is 0.535. The number of tetrazole rings is 1. The first-order valence-electron chi connectivity index (χ1n) is 9.89. The van der Waals surface area contributed by atoms with Crippen LogP contribution < -0.4 is 14.8 Å². The lowest BCUT2D eigenvalue weighted by molar-refractivity contribution is -0.114. The lowest BCUT2D eigenvalue weighted by Crippen LogP contribution is -2.28. The van der Waals surface area contributed by atoms with Gasteiger partial charge in [0.1, 0.15) is 12.6 Å². The van der Waals surface area contributed by atoms with E-state index in [0.717, 1.165) is 21.3 Å². The number of allylic oxidation sites excluding steroid dienone is 2. The smallest absolute Gasteiger partial charge is 0.248 e. The predicted molar refractivity (Wildman–Crippen MR) is 119 cm³/mol. The van der Waals surface area contributed by atoms with Crippen molar-refractivity contribution in [3.8, 4) is 11.5 Å². The number of rotatable bonds is 7. The van der Waals surface area contributed by atoms with Crippen molar-refractivity contribution < 1.29 is 14.3 Å². The van der Waals surface area contributed by atoms with Gasteiger partial charge in [-0.25, -0.2) is 0 Å². The molecule has 0 radical (unpaired) electrons. The minimum Gasteiger partial charge on any atom is -0.490 e. The third kappa shape index (κ3) is 4.18. The van der Waals surface area contributed by atoms with Crippen LogP contribution >= 0.6 is 15.9 Å². The molecule has 3 aromatic rings. The number of carbonyl (C=O) groups excluding carboxylic acids is 1. The first-order valence-corrected chi connectivity index (χ1v) is 10.7. The number of benzene rings is 2. The van der Waals surface area contributed by atoms with E-state index in [1.807, 2.05) is 56.3 Å². The molecule has 0 bridgehead atoms. The van der Waals surface area contributed by atoms with Crippen molar-refractivity contribution in [3.63, 3.8) is 0 Å². The van der Waals surface area contributed by atoms with E-state index in [-0.39, 0.29) is 5.78 Å². The van der Waals surface area contributed by atoms with Crippen LogP contribution in [0.5, 0.6) is 11.5 Å². The summed E-state index contributed by atoms with van der Waals surface area (Å²) in [6.45, 7) is 6.17. The lowest BCUT2D eigenvalue weighted by atomic mass is 9.93. The van der Waals surface area contributed by atoms with Gasteiger partial charge in [-0.05, 0) is 70.4 Å². The fourth-order valence-corrected chi connectivity index (χ4v) is 4.23. The monoisotopic (exact) mass is 483 g/mol. The molecule has 160 valence electrons. The molecule has 1 N–H and O–H groups in total. The number of nitrogens with zero attached hydrogens (tertiary/aromatic N) is 4. The average molecular weight is 484 g/mol. The molecule has 9 heteroatoms. The standard InChI is InChI=1S/C22H22BrN5O3/c1-4-30-18-11-16(10-17(23)21(18)31-12-15-8-6-5-7-9-15)20-19(14(3)29)13(2)24-22-25-26-27-28(20)22/h5-11,20H,4,12H2,1-3H3,(H,24,25,27). The average Bonchev–Trinajstić information content (AvgIpc) is 3.20. The molecular weight excluding hydrogens is 462 g/mol. The summed E-state index contributed by atoms with van der Waals surface area (Å²) < 4.78 is 14.3. The molecule has 0 saturated heterocycles. The molecule has 1 unspecified atom stereocenters. The van der Waals surface area contributed by atoms with E-state index in [1.165, 1.54) is 0 Å². The van der Waals surface area contributed by atoms with E-state index < -0.39 is 6.04 Å². The van der Waals surface area contributed by atoms with Crippen molar-refractivity contribution in [1.29, 1.82) is 0 Å². The Morgan fingerprint density at radius 3 is 2.71 bits per heavy atom. The Labute approximate surface area is 188 Å². The summed E-state index contributed by atoms with van der Waals surface area (Å²) in [4.78, 5) is 12.5. The van der Waals surface area contributed by atoms with E-state index >= 15 is 0 Å². The minimum atomic E-state index is -0.484. The molecule has 0 spiro atoms. The summed E-state index contributed by atoms with van der Waals surface area (Å²) in [5.74, 6) is 1.60. The highest BCUT2D eigenvalue weighted by atomic mass is 79.9. The van der Waals surface area contributed by atoms with Gasteiger partial charge >= 0.3 is 0 Å². The number of hydrogen-bond donors (Lipinski definition) is 1. The number of ether oxygens (including phenoxy) is 2. The van der Waals surface area contributed by atoms with Crippen molar-refractivity contribution in [1.82, 2.24) is 20.2 Å². The molecule has 0 amide bonds. The van der Waals surface area contributed by atoms with E-state index in [1.54, 1.807) is 11.6 Å². The Balaban J connectivity index is 1.76. The number of hydrogen-bond acceptors (Lipinski definition) is 7. The SMILES string of the molecule is CCOc1cc(C2C(C(C)=O)=C(C)Nc3nnnn32)cc(Br)c1OCc1ccccc1. The van der Waals surface area contributed by atoms with Crippen molar-refractivity contribution >= 4 is 27.7 Å². The topological polar surface area (TPSA) is 91.2 Å². The molecule has 2 aromatic carbocycles. The van der Waals surface area contributed by atoms with E-state index in [0.29, 0.717) is 36.2 Å². The summed E-state index contributed by atoms with van der Waals surface area (Å²) in [5, 5.41) is 15.0. The van der Waals surface area contributed by atoms with Gasteiger partial charge in [0.15, 0.2) is 17.3 Å². The first-order chi connectivity index (χ1) is 15.0. The van der Waals surface area contributed by atoms with Crippen LogP contribution in [0.4, 0.5) is 5.95 Å². The normalized spacial score (nSPS) is 15.3. The molecule has 1 atom stereocenters. The second-order valence-electron chi connectivity index (χ2n) is 7.11. The Morgan fingerprint density at radius 2 is 2.00 bits per heavy atom. The molecule has 2 heterocycles. The molecule has 0 fully saturated rings. The van der Waals surface area contributed by atoms with Crippen LogP contribution in [-0.4, -0.2) is 32.6 Å². The van der Waals surface area contributed by atoms with Crippen LogP contribution in [0.25, 0.3) is 0 Å². The molecule has 4 rings (SSSR count). The summed E-state index contributed by atoms with van der Waals surface area (Å²) in [7, 11) is 0. The molecule has 1 aliphatic heterocycles. The number of anilines is 1. The van der Waals surface area contributed by atoms with Crippen molar-refractivity contribution in [3.05, 3.63) is 69.3 Å². The van der Waals surface area contributed by atoms with Crippen LogP contribution in [0.15, 0.2) is 58.2 Å². The lowest BCUT2D eigenvalue weighted by Gasteiger charge is -2.28. The summed E-state index contributed by atoms with van der Waals surface area (Å²) in [6.07, 6.45) is 0. The van der Waals surface area contributed by atoms with Crippen molar-refractivity contribution in [2.24, 2.45) is 0 Å². The second-order valence-corrected chi connectivity index (χ2v) is 7.96. The van der Waals surface area contributed by atoms with Crippen molar-refractivity contribution in [2.75, 3.05) is 11.9 Å².